The molecule has 0 fully saturated rings. The Morgan fingerprint density at radius 3 is 2.52 bits per heavy atom. The molecule has 0 spiro atoms. The Hall–Kier alpha value is -2.86. The summed E-state index contributed by atoms with van der Waals surface area (Å²) in [4.78, 5) is 0. The molecule has 0 atom stereocenters. The van der Waals surface area contributed by atoms with Gasteiger partial charge in [-0.15, -0.1) is 5.10 Å². The third kappa shape index (κ3) is 3.67. The van der Waals surface area contributed by atoms with E-state index in [1.807, 2.05) is 48.5 Å². The lowest BCUT2D eigenvalue weighted by molar-refractivity contribution is 0.414. The highest BCUT2D eigenvalue weighted by molar-refractivity contribution is 6.30. The van der Waals surface area contributed by atoms with Crippen molar-refractivity contribution in [1.82, 2.24) is 20.2 Å². The predicted molar refractivity (Wildman–Crippen MR) is 89.8 cm³/mol. The molecule has 1 N–H and O–H groups in total. The second kappa shape index (κ2) is 6.93. The minimum Gasteiger partial charge on any atom is -0.497 e. The van der Waals surface area contributed by atoms with E-state index in [1.165, 1.54) is 0 Å². The molecule has 1 aromatic heterocycles. The van der Waals surface area contributed by atoms with Crippen molar-refractivity contribution in [2.75, 3.05) is 12.4 Å². The number of halogens is 1. The van der Waals surface area contributed by atoms with E-state index in [1.54, 1.807) is 24.1 Å². The molecular formula is C16H14ClN5O. The molecule has 3 rings (SSSR count). The van der Waals surface area contributed by atoms with Crippen molar-refractivity contribution in [3.8, 4) is 11.4 Å². The van der Waals surface area contributed by atoms with Gasteiger partial charge in [0.2, 0.25) is 0 Å². The number of ether oxygens (including phenoxy) is 1. The van der Waals surface area contributed by atoms with E-state index in [9.17, 15) is 0 Å². The first-order chi connectivity index (χ1) is 11.3. The second-order valence-corrected chi connectivity index (χ2v) is 5.07. The van der Waals surface area contributed by atoms with Gasteiger partial charge in [-0.3, -0.25) is 0 Å². The number of anilines is 1. The first-order valence-corrected chi connectivity index (χ1v) is 7.25. The van der Waals surface area contributed by atoms with Crippen molar-refractivity contribution in [3.63, 3.8) is 0 Å². The molecule has 0 saturated heterocycles. The number of aromatic nitrogens is 4. The Morgan fingerprint density at radius 1 is 1.09 bits per heavy atom. The Balaban J connectivity index is 1.75. The van der Waals surface area contributed by atoms with Gasteiger partial charge < -0.3 is 10.1 Å². The molecule has 0 radical (unpaired) electrons. The molecule has 7 heteroatoms. The number of hydrogen-bond acceptors (Lipinski definition) is 5. The minimum absolute atomic E-state index is 0.608. The highest BCUT2D eigenvalue weighted by atomic mass is 35.5. The smallest absolute Gasteiger partial charge is 0.181 e. The summed E-state index contributed by atoms with van der Waals surface area (Å²) in [5.41, 5.74) is 1.77. The van der Waals surface area contributed by atoms with Crippen LogP contribution in [0.25, 0.3) is 11.8 Å². The van der Waals surface area contributed by atoms with Crippen molar-refractivity contribution in [3.05, 3.63) is 65.6 Å². The molecule has 3 aromatic rings. The van der Waals surface area contributed by atoms with Gasteiger partial charge in [0.25, 0.3) is 0 Å². The maximum atomic E-state index is 5.85. The van der Waals surface area contributed by atoms with Crippen LogP contribution in [0.3, 0.4) is 0 Å². The third-order valence-electron chi connectivity index (χ3n) is 3.14. The molecule has 2 aromatic carbocycles. The normalized spacial score (nSPS) is 10.9. The topological polar surface area (TPSA) is 64.9 Å². The largest absolute Gasteiger partial charge is 0.497 e. The van der Waals surface area contributed by atoms with Crippen LogP contribution in [0.1, 0.15) is 5.82 Å². The zero-order valence-corrected chi connectivity index (χ0v) is 13.1. The van der Waals surface area contributed by atoms with E-state index in [0.29, 0.717) is 10.8 Å². The number of hydrogen-bond donors (Lipinski definition) is 1. The molecule has 0 amide bonds. The highest BCUT2D eigenvalue weighted by Gasteiger charge is 2.05. The quantitative estimate of drug-likeness (QED) is 0.778. The first kappa shape index (κ1) is 15.1. The van der Waals surface area contributed by atoms with Crippen LogP contribution >= 0.6 is 11.6 Å². The van der Waals surface area contributed by atoms with E-state index in [-0.39, 0.29) is 0 Å². The fourth-order valence-corrected chi connectivity index (χ4v) is 2.09. The van der Waals surface area contributed by atoms with Crippen molar-refractivity contribution in [2.24, 2.45) is 0 Å². The Bertz CT molecular complexity index is 796. The second-order valence-electron chi connectivity index (χ2n) is 4.63. The number of rotatable bonds is 5. The molecular weight excluding hydrogens is 314 g/mol. The van der Waals surface area contributed by atoms with Gasteiger partial charge in [-0.25, -0.2) is 0 Å². The molecule has 6 nitrogen and oxygen atoms in total. The predicted octanol–water partition coefficient (Wildman–Crippen LogP) is 3.41. The van der Waals surface area contributed by atoms with Gasteiger partial charge in [0, 0.05) is 23.0 Å². The number of nitrogens with one attached hydrogen (secondary N) is 1. The molecule has 116 valence electrons. The molecule has 0 unspecified atom stereocenters. The van der Waals surface area contributed by atoms with Crippen LogP contribution in [0.2, 0.25) is 5.02 Å². The van der Waals surface area contributed by atoms with Crippen LogP contribution in [-0.4, -0.2) is 27.3 Å². The van der Waals surface area contributed by atoms with Crippen LogP contribution in [0, 0.1) is 0 Å². The van der Waals surface area contributed by atoms with E-state index < -0.39 is 0 Å². The molecule has 0 aliphatic rings. The Kier molecular flexibility index (Phi) is 4.54. The summed E-state index contributed by atoms with van der Waals surface area (Å²) in [6, 6.07) is 14.9. The maximum Gasteiger partial charge on any atom is 0.181 e. The number of tetrazole rings is 1. The zero-order chi connectivity index (χ0) is 16.1. The summed E-state index contributed by atoms with van der Waals surface area (Å²) >= 11 is 5.85. The Labute approximate surface area is 138 Å². The summed E-state index contributed by atoms with van der Waals surface area (Å²) < 4.78 is 6.78. The average molecular weight is 328 g/mol. The van der Waals surface area contributed by atoms with Crippen LogP contribution in [-0.2, 0) is 0 Å². The Morgan fingerprint density at radius 2 is 1.83 bits per heavy atom. The van der Waals surface area contributed by atoms with Gasteiger partial charge in [-0.2, -0.15) is 4.68 Å². The summed E-state index contributed by atoms with van der Waals surface area (Å²) in [6.07, 6.45) is 3.56. The lowest BCUT2D eigenvalue weighted by Gasteiger charge is -2.04. The fraction of sp³-hybridized carbons (Fsp3) is 0.0625. The van der Waals surface area contributed by atoms with Gasteiger partial charge in [-0.05, 0) is 59.0 Å². The summed E-state index contributed by atoms with van der Waals surface area (Å²) in [6.45, 7) is 0. The van der Waals surface area contributed by atoms with Gasteiger partial charge >= 0.3 is 0 Å². The van der Waals surface area contributed by atoms with E-state index in [0.717, 1.165) is 17.1 Å². The lowest BCUT2D eigenvalue weighted by Crippen LogP contribution is -2.00. The molecule has 0 aliphatic heterocycles. The highest BCUT2D eigenvalue weighted by Crippen LogP contribution is 2.16. The molecule has 0 aliphatic carbocycles. The average Bonchev–Trinajstić information content (AvgIpc) is 3.05. The maximum absolute atomic E-state index is 5.85. The summed E-state index contributed by atoms with van der Waals surface area (Å²) in [5, 5.41) is 15.6. The minimum atomic E-state index is 0.608. The zero-order valence-electron chi connectivity index (χ0n) is 12.3. The van der Waals surface area contributed by atoms with Crippen LogP contribution in [0.4, 0.5) is 5.69 Å². The fourth-order valence-electron chi connectivity index (χ4n) is 1.96. The molecule has 23 heavy (non-hydrogen) atoms. The van der Waals surface area contributed by atoms with Gasteiger partial charge in [0.1, 0.15) is 5.75 Å². The summed E-state index contributed by atoms with van der Waals surface area (Å²) in [5.74, 6) is 1.39. The van der Waals surface area contributed by atoms with Crippen LogP contribution in [0.5, 0.6) is 5.75 Å². The molecule has 0 saturated carbocycles. The third-order valence-corrected chi connectivity index (χ3v) is 3.39. The lowest BCUT2D eigenvalue weighted by atomic mass is 10.3. The molecule has 1 heterocycles. The van der Waals surface area contributed by atoms with E-state index in [4.69, 9.17) is 16.3 Å². The van der Waals surface area contributed by atoms with Gasteiger partial charge in [0.05, 0.1) is 12.8 Å². The number of nitrogens with zero attached hydrogens (tertiary/aromatic N) is 4. The van der Waals surface area contributed by atoms with Crippen LogP contribution < -0.4 is 10.1 Å². The van der Waals surface area contributed by atoms with Crippen LogP contribution in [0.15, 0.2) is 54.7 Å². The van der Waals surface area contributed by atoms with E-state index in [2.05, 4.69) is 20.8 Å². The monoisotopic (exact) mass is 327 g/mol. The van der Waals surface area contributed by atoms with Crippen molar-refractivity contribution >= 4 is 23.4 Å². The van der Waals surface area contributed by atoms with Crippen molar-refractivity contribution < 1.29 is 4.74 Å². The van der Waals surface area contributed by atoms with Gasteiger partial charge in [0.15, 0.2) is 5.82 Å². The van der Waals surface area contributed by atoms with E-state index >= 15 is 0 Å². The number of benzene rings is 2. The number of methoxy groups -OCH3 is 1. The summed E-state index contributed by atoms with van der Waals surface area (Å²) in [7, 11) is 1.63. The standard InChI is InChI=1S/C16H14ClN5O/c1-23-15-8-6-14(7-9-15)22-16(19-20-21-22)10-11-18-13-4-2-12(17)3-5-13/h2-11,18H,1H3/b11-10+. The van der Waals surface area contributed by atoms with Gasteiger partial charge in [-0.1, -0.05) is 11.6 Å². The van der Waals surface area contributed by atoms with Crippen molar-refractivity contribution in [1.29, 1.82) is 0 Å². The first-order valence-electron chi connectivity index (χ1n) is 6.88. The SMILES string of the molecule is COc1ccc(-n2nnnc2/C=C/Nc2ccc(Cl)cc2)cc1. The molecule has 0 bridgehead atoms. The van der Waals surface area contributed by atoms with Crippen molar-refractivity contribution in [2.45, 2.75) is 0 Å².